The highest BCUT2D eigenvalue weighted by Crippen LogP contribution is 2.08. The molecule has 1 saturated heterocycles. The van der Waals surface area contributed by atoms with Gasteiger partial charge in [0.25, 0.3) is 0 Å². The molecule has 20 heavy (non-hydrogen) atoms. The highest BCUT2D eigenvalue weighted by Gasteiger charge is 2.18. The van der Waals surface area contributed by atoms with Crippen LogP contribution in [0.2, 0.25) is 0 Å². The Balaban J connectivity index is 1.93. The Bertz CT molecular complexity index is 510. The third-order valence-electron chi connectivity index (χ3n) is 3.04. The molecule has 0 spiro atoms. The van der Waals surface area contributed by atoms with Crippen molar-refractivity contribution in [1.29, 1.82) is 0 Å². The summed E-state index contributed by atoms with van der Waals surface area (Å²) in [7, 11) is -1.48. The summed E-state index contributed by atoms with van der Waals surface area (Å²) < 4.78 is 29.3. The molecule has 1 aliphatic heterocycles. The largest absolute Gasteiger partial charge is 0.379 e. The fraction of sp³-hybridized carbons (Fsp3) is 0.538. The van der Waals surface area contributed by atoms with Crippen LogP contribution < -0.4 is 10.1 Å². The van der Waals surface area contributed by atoms with E-state index in [1.54, 1.807) is 5.01 Å². The zero-order valence-corrected chi connectivity index (χ0v) is 12.4. The van der Waals surface area contributed by atoms with Crippen molar-refractivity contribution in [3.63, 3.8) is 0 Å². The van der Waals surface area contributed by atoms with Gasteiger partial charge in [0.15, 0.2) is 0 Å². The van der Waals surface area contributed by atoms with E-state index in [1.165, 1.54) is 0 Å². The number of hydrogen-bond acceptors (Lipinski definition) is 5. The summed E-state index contributed by atoms with van der Waals surface area (Å²) in [6, 6.07) is 7.59. The maximum absolute atomic E-state index is 12.1. The predicted octanol–water partition coefficient (Wildman–Crippen LogP) is 0.0726. The van der Waals surface area contributed by atoms with Gasteiger partial charge in [0.1, 0.15) is 0 Å². The zero-order valence-electron chi connectivity index (χ0n) is 11.6. The van der Waals surface area contributed by atoms with E-state index in [-0.39, 0.29) is 5.75 Å². The molecule has 1 aliphatic rings. The molecule has 0 amide bonds. The van der Waals surface area contributed by atoms with Crippen LogP contribution in [-0.4, -0.2) is 46.8 Å². The first-order chi connectivity index (χ1) is 9.59. The molecule has 0 aromatic heterocycles. The van der Waals surface area contributed by atoms with Gasteiger partial charge < -0.3 is 10.1 Å². The Kier molecular flexibility index (Phi) is 5.50. The average molecular weight is 299 g/mol. The fourth-order valence-corrected chi connectivity index (χ4v) is 3.33. The fourth-order valence-electron chi connectivity index (χ4n) is 2.06. The van der Waals surface area contributed by atoms with Crippen molar-refractivity contribution in [3.05, 3.63) is 35.4 Å². The van der Waals surface area contributed by atoms with Gasteiger partial charge in [-0.1, -0.05) is 24.3 Å². The van der Waals surface area contributed by atoms with Crippen LogP contribution in [-0.2, 0) is 27.1 Å². The molecule has 1 aromatic rings. The van der Waals surface area contributed by atoms with Gasteiger partial charge in [-0.15, -0.1) is 4.83 Å². The van der Waals surface area contributed by atoms with Gasteiger partial charge in [-0.05, 0) is 18.2 Å². The van der Waals surface area contributed by atoms with E-state index in [9.17, 15) is 8.42 Å². The van der Waals surface area contributed by atoms with Crippen LogP contribution in [0.4, 0.5) is 0 Å². The van der Waals surface area contributed by atoms with E-state index in [2.05, 4.69) is 10.1 Å². The molecule has 0 radical (unpaired) electrons. The first-order valence-corrected chi connectivity index (χ1v) is 8.29. The van der Waals surface area contributed by atoms with E-state index in [0.29, 0.717) is 26.3 Å². The molecule has 0 saturated carbocycles. The first-order valence-electron chi connectivity index (χ1n) is 6.64. The summed E-state index contributed by atoms with van der Waals surface area (Å²) in [5.41, 5.74) is 1.92. The molecule has 7 heteroatoms. The van der Waals surface area contributed by atoms with Crippen LogP contribution >= 0.6 is 0 Å². The SMILES string of the molecule is CNCc1ccc(CS(=O)(=O)NN2CCOCC2)cc1. The van der Waals surface area contributed by atoms with E-state index in [4.69, 9.17) is 4.74 Å². The van der Waals surface area contributed by atoms with Crippen LogP contribution in [0.3, 0.4) is 0 Å². The van der Waals surface area contributed by atoms with Crippen LogP contribution in [0.5, 0.6) is 0 Å². The van der Waals surface area contributed by atoms with E-state index in [0.717, 1.165) is 17.7 Å². The number of benzene rings is 1. The minimum atomic E-state index is -3.35. The zero-order chi connectivity index (χ0) is 14.4. The highest BCUT2D eigenvalue weighted by atomic mass is 32.2. The average Bonchev–Trinajstić information content (AvgIpc) is 2.41. The van der Waals surface area contributed by atoms with Gasteiger partial charge in [0.05, 0.1) is 19.0 Å². The minimum Gasteiger partial charge on any atom is -0.379 e. The molecule has 0 unspecified atom stereocenters. The lowest BCUT2D eigenvalue weighted by Crippen LogP contribution is -2.48. The van der Waals surface area contributed by atoms with Crippen molar-refractivity contribution < 1.29 is 13.2 Å². The Labute approximate surface area is 120 Å². The standard InChI is InChI=1S/C13H21N3O3S/c1-14-10-12-2-4-13(5-3-12)11-20(17,18)15-16-6-8-19-9-7-16/h2-5,14-15H,6-11H2,1H3. The molecule has 0 bridgehead atoms. The van der Waals surface area contributed by atoms with Crippen LogP contribution in [0, 0.1) is 0 Å². The Morgan fingerprint density at radius 2 is 1.75 bits per heavy atom. The molecule has 6 nitrogen and oxygen atoms in total. The monoisotopic (exact) mass is 299 g/mol. The van der Waals surface area contributed by atoms with Crippen LogP contribution in [0.15, 0.2) is 24.3 Å². The lowest BCUT2D eigenvalue weighted by molar-refractivity contribution is 0.0272. The molecule has 2 rings (SSSR count). The lowest BCUT2D eigenvalue weighted by Gasteiger charge is -2.26. The van der Waals surface area contributed by atoms with Crippen molar-refractivity contribution in [2.24, 2.45) is 0 Å². The first kappa shape index (κ1) is 15.4. The van der Waals surface area contributed by atoms with Gasteiger partial charge in [-0.3, -0.25) is 0 Å². The summed E-state index contributed by atoms with van der Waals surface area (Å²) in [6.45, 7) is 3.06. The number of morpholine rings is 1. The topological polar surface area (TPSA) is 70.7 Å². The number of hydrogen-bond donors (Lipinski definition) is 2. The van der Waals surface area contributed by atoms with Crippen molar-refractivity contribution in [1.82, 2.24) is 15.2 Å². The number of hydrazine groups is 1. The normalized spacial score (nSPS) is 17.2. The number of nitrogens with zero attached hydrogens (tertiary/aromatic N) is 1. The molecule has 1 fully saturated rings. The molecule has 0 atom stereocenters. The summed E-state index contributed by atoms with van der Waals surface area (Å²) in [5.74, 6) is -0.00973. The van der Waals surface area contributed by atoms with Crippen molar-refractivity contribution in [2.45, 2.75) is 12.3 Å². The maximum Gasteiger partial charge on any atom is 0.228 e. The Morgan fingerprint density at radius 3 is 2.35 bits per heavy atom. The van der Waals surface area contributed by atoms with Gasteiger partial charge in [0, 0.05) is 19.6 Å². The molecule has 0 aliphatic carbocycles. The predicted molar refractivity (Wildman–Crippen MR) is 77.4 cm³/mol. The van der Waals surface area contributed by atoms with Crippen molar-refractivity contribution in [3.8, 4) is 0 Å². The molecule has 1 aromatic carbocycles. The second kappa shape index (κ2) is 7.14. The van der Waals surface area contributed by atoms with Crippen molar-refractivity contribution in [2.75, 3.05) is 33.4 Å². The number of sulfonamides is 1. The summed E-state index contributed by atoms with van der Waals surface area (Å²) in [5, 5.41) is 4.75. The minimum absolute atomic E-state index is 0.00973. The molecule has 2 N–H and O–H groups in total. The second-order valence-corrected chi connectivity index (χ2v) is 6.50. The summed E-state index contributed by atoms with van der Waals surface area (Å²) in [4.78, 5) is 2.60. The third-order valence-corrected chi connectivity index (χ3v) is 4.29. The number of ether oxygens (including phenoxy) is 1. The van der Waals surface area contributed by atoms with E-state index >= 15 is 0 Å². The summed E-state index contributed by atoms with van der Waals surface area (Å²) in [6.07, 6.45) is 0. The quantitative estimate of drug-likeness (QED) is 0.778. The second-order valence-electron chi connectivity index (χ2n) is 4.80. The maximum atomic E-state index is 12.1. The number of rotatable bonds is 6. The molecular formula is C13H21N3O3S. The lowest BCUT2D eigenvalue weighted by atomic mass is 10.1. The number of nitrogens with one attached hydrogen (secondary N) is 2. The van der Waals surface area contributed by atoms with Crippen molar-refractivity contribution >= 4 is 10.0 Å². The van der Waals surface area contributed by atoms with Gasteiger partial charge in [-0.25, -0.2) is 13.4 Å². The third kappa shape index (κ3) is 4.84. The van der Waals surface area contributed by atoms with Gasteiger partial charge in [0.2, 0.25) is 10.0 Å². The molecule has 1 heterocycles. The molecular weight excluding hydrogens is 278 g/mol. The highest BCUT2D eigenvalue weighted by molar-refractivity contribution is 7.88. The van der Waals surface area contributed by atoms with Gasteiger partial charge >= 0.3 is 0 Å². The van der Waals surface area contributed by atoms with E-state index < -0.39 is 10.0 Å². The van der Waals surface area contributed by atoms with Crippen LogP contribution in [0.25, 0.3) is 0 Å². The van der Waals surface area contributed by atoms with E-state index in [1.807, 2.05) is 31.3 Å². The Hall–Kier alpha value is -0.990. The summed E-state index contributed by atoms with van der Waals surface area (Å²) >= 11 is 0. The van der Waals surface area contributed by atoms with Gasteiger partial charge in [-0.2, -0.15) is 0 Å². The molecule has 112 valence electrons. The Morgan fingerprint density at radius 1 is 1.15 bits per heavy atom. The van der Waals surface area contributed by atoms with Crippen LogP contribution in [0.1, 0.15) is 11.1 Å². The smallest absolute Gasteiger partial charge is 0.228 e.